The molecule has 0 spiro atoms. The zero-order valence-corrected chi connectivity index (χ0v) is 16.9. The predicted octanol–water partition coefficient (Wildman–Crippen LogP) is 2.85. The fourth-order valence-electron chi connectivity index (χ4n) is 3.40. The lowest BCUT2D eigenvalue weighted by molar-refractivity contribution is -0.0503. The largest absolute Gasteiger partial charge is 0.432 e. The molecule has 0 radical (unpaired) electrons. The first-order valence-electron chi connectivity index (χ1n) is 9.89. The van der Waals surface area contributed by atoms with Gasteiger partial charge in [-0.1, -0.05) is 0 Å². The highest BCUT2D eigenvalue weighted by atomic mass is 19.3. The molecule has 11 heteroatoms. The number of nitrogens with one attached hydrogen (secondary N) is 1. The van der Waals surface area contributed by atoms with Gasteiger partial charge in [-0.05, 0) is 37.1 Å². The van der Waals surface area contributed by atoms with Crippen LogP contribution in [0.2, 0.25) is 0 Å². The van der Waals surface area contributed by atoms with Gasteiger partial charge in [0.2, 0.25) is 5.95 Å². The average molecular weight is 442 g/mol. The van der Waals surface area contributed by atoms with Crippen molar-refractivity contribution in [3.8, 4) is 11.4 Å². The molecule has 3 aromatic rings. The van der Waals surface area contributed by atoms with E-state index in [1.54, 1.807) is 36.7 Å². The van der Waals surface area contributed by atoms with Crippen molar-refractivity contribution in [3.63, 3.8) is 0 Å². The standard InChI is InChI=1S/C21H20F2N6O3/c22-20(23)32-17-10-25-21(26-11-17)28-15-4-3-14(8-15)27-18-6-5-16(9-24-18)29-7-1-2-13(12-30)19(29)31/h1-2,5-7,9-11,15,20,30H,3-4,8,12H2,(H,25,26,28)/t15-/m0/s1. The van der Waals surface area contributed by atoms with Crippen LogP contribution >= 0.6 is 0 Å². The Kier molecular flexibility index (Phi) is 6.45. The highest BCUT2D eigenvalue weighted by Crippen LogP contribution is 2.23. The molecule has 9 nitrogen and oxygen atoms in total. The molecule has 2 N–H and O–H groups in total. The summed E-state index contributed by atoms with van der Waals surface area (Å²) in [6, 6.07) is 6.81. The molecule has 0 aromatic carbocycles. The molecule has 1 saturated carbocycles. The minimum atomic E-state index is -2.92. The second-order valence-electron chi connectivity index (χ2n) is 7.12. The van der Waals surface area contributed by atoms with Crippen molar-refractivity contribution < 1.29 is 18.6 Å². The Morgan fingerprint density at radius 3 is 2.72 bits per heavy atom. The monoisotopic (exact) mass is 442 g/mol. The minimum absolute atomic E-state index is 0.0645. The molecule has 4 rings (SSSR count). The summed E-state index contributed by atoms with van der Waals surface area (Å²) < 4.78 is 30.0. The molecule has 166 valence electrons. The van der Waals surface area contributed by atoms with E-state index >= 15 is 0 Å². The van der Waals surface area contributed by atoms with Gasteiger partial charge in [0, 0.05) is 29.9 Å². The van der Waals surface area contributed by atoms with E-state index in [4.69, 9.17) is 0 Å². The van der Waals surface area contributed by atoms with Crippen molar-refractivity contribution in [2.45, 2.75) is 38.5 Å². The maximum atomic E-state index is 12.3. The number of alkyl halides is 2. The minimum Gasteiger partial charge on any atom is -0.432 e. The van der Waals surface area contributed by atoms with Crippen LogP contribution in [0.5, 0.6) is 5.75 Å². The maximum Gasteiger partial charge on any atom is 0.387 e. The van der Waals surface area contributed by atoms with Gasteiger partial charge in [-0.3, -0.25) is 9.36 Å². The van der Waals surface area contributed by atoms with Crippen molar-refractivity contribution in [2.75, 3.05) is 5.32 Å². The van der Waals surface area contributed by atoms with Gasteiger partial charge in [-0.2, -0.15) is 8.78 Å². The predicted molar refractivity (Wildman–Crippen MR) is 113 cm³/mol. The first kappa shape index (κ1) is 21.5. The van der Waals surface area contributed by atoms with Crippen LogP contribution in [-0.4, -0.2) is 43.0 Å². The number of halogens is 2. The van der Waals surface area contributed by atoms with E-state index in [2.05, 4.69) is 30.0 Å². The van der Waals surface area contributed by atoms with Gasteiger partial charge in [-0.25, -0.2) is 19.9 Å². The summed E-state index contributed by atoms with van der Waals surface area (Å²) in [7, 11) is 0. The Morgan fingerprint density at radius 2 is 2.03 bits per heavy atom. The van der Waals surface area contributed by atoms with Crippen LogP contribution in [0.1, 0.15) is 24.8 Å². The fourth-order valence-corrected chi connectivity index (χ4v) is 3.40. The van der Waals surface area contributed by atoms with Crippen LogP contribution in [0.25, 0.3) is 5.69 Å². The lowest BCUT2D eigenvalue weighted by atomic mass is 10.2. The number of nitrogens with zero attached hydrogens (tertiary/aromatic N) is 5. The third-order valence-corrected chi connectivity index (χ3v) is 4.93. The number of pyridine rings is 2. The summed E-state index contributed by atoms with van der Waals surface area (Å²) in [5.74, 6) is 0.760. The number of hydrogen-bond acceptors (Lipinski definition) is 8. The second-order valence-corrected chi connectivity index (χ2v) is 7.12. The molecule has 0 aliphatic heterocycles. The molecule has 0 bridgehead atoms. The van der Waals surface area contributed by atoms with Crippen LogP contribution in [0, 0.1) is 0 Å². The third kappa shape index (κ3) is 5.11. The molecule has 1 fully saturated rings. The normalized spacial score (nSPS) is 17.1. The van der Waals surface area contributed by atoms with Gasteiger partial charge in [0.1, 0.15) is 0 Å². The lowest BCUT2D eigenvalue weighted by Gasteiger charge is -2.11. The van der Waals surface area contributed by atoms with Gasteiger partial charge in [0.05, 0.1) is 30.9 Å². The summed E-state index contributed by atoms with van der Waals surface area (Å²) in [4.78, 5) is 29.2. The zero-order chi connectivity index (χ0) is 22.5. The summed E-state index contributed by atoms with van der Waals surface area (Å²) in [5.41, 5.74) is 1.55. The van der Waals surface area contributed by atoms with E-state index in [1.807, 2.05) is 0 Å². The van der Waals surface area contributed by atoms with Crippen LogP contribution in [0.4, 0.5) is 20.5 Å². The Labute approximate surface area is 181 Å². The van der Waals surface area contributed by atoms with E-state index in [-0.39, 0.29) is 24.0 Å². The molecule has 0 saturated heterocycles. The van der Waals surface area contributed by atoms with Gasteiger partial charge in [-0.15, -0.1) is 0 Å². The number of rotatable bonds is 7. The van der Waals surface area contributed by atoms with Crippen LogP contribution in [0.3, 0.4) is 0 Å². The summed E-state index contributed by atoms with van der Waals surface area (Å²) in [6.07, 6.45) is 7.82. The fraction of sp³-hybridized carbons (Fsp3) is 0.286. The Bertz CT molecular complexity index is 1150. The Balaban J connectivity index is 1.38. The zero-order valence-electron chi connectivity index (χ0n) is 16.9. The summed E-state index contributed by atoms with van der Waals surface area (Å²) in [6.45, 7) is -3.24. The molecule has 1 aliphatic rings. The highest BCUT2D eigenvalue weighted by molar-refractivity contribution is 5.89. The second kappa shape index (κ2) is 9.60. The number of ether oxygens (including phenoxy) is 1. The molecule has 1 aliphatic carbocycles. The molecule has 3 aromatic heterocycles. The van der Waals surface area contributed by atoms with Crippen molar-refractivity contribution in [3.05, 3.63) is 65.0 Å². The first-order valence-corrected chi connectivity index (χ1v) is 9.89. The number of aliphatic imine (C=N–C) groups is 1. The third-order valence-electron chi connectivity index (χ3n) is 4.93. The van der Waals surface area contributed by atoms with Crippen LogP contribution < -0.4 is 15.6 Å². The molecule has 0 unspecified atom stereocenters. The average Bonchev–Trinajstić information content (AvgIpc) is 3.22. The van der Waals surface area contributed by atoms with E-state index < -0.39 is 6.61 Å². The number of aliphatic hydroxyl groups is 1. The van der Waals surface area contributed by atoms with Crippen molar-refractivity contribution in [1.29, 1.82) is 0 Å². The SMILES string of the molecule is O=c1c(CO)cccn1-c1ccc(N=C2CC[C@H](Nc3ncc(OC(F)F)cn3)C2)nc1. The van der Waals surface area contributed by atoms with Crippen molar-refractivity contribution in [2.24, 2.45) is 4.99 Å². The quantitative estimate of drug-likeness (QED) is 0.578. The molecular formula is C21H20F2N6O3. The highest BCUT2D eigenvalue weighted by Gasteiger charge is 2.21. The van der Waals surface area contributed by atoms with E-state index in [0.717, 1.165) is 18.6 Å². The molecule has 1 atom stereocenters. The summed E-state index contributed by atoms with van der Waals surface area (Å²) >= 11 is 0. The smallest absolute Gasteiger partial charge is 0.387 e. The lowest BCUT2D eigenvalue weighted by Crippen LogP contribution is -2.21. The van der Waals surface area contributed by atoms with Gasteiger partial charge >= 0.3 is 6.61 Å². The van der Waals surface area contributed by atoms with Crippen LogP contribution in [0.15, 0.2) is 58.8 Å². The Morgan fingerprint density at radius 1 is 1.22 bits per heavy atom. The number of anilines is 1. The molecule has 0 amide bonds. The van der Waals surface area contributed by atoms with E-state index in [9.17, 15) is 18.7 Å². The topological polar surface area (TPSA) is 115 Å². The maximum absolute atomic E-state index is 12.3. The molecular weight excluding hydrogens is 422 g/mol. The number of hydrogen-bond donors (Lipinski definition) is 2. The van der Waals surface area contributed by atoms with Gasteiger partial charge in [0.25, 0.3) is 5.56 Å². The summed E-state index contributed by atoms with van der Waals surface area (Å²) in [5, 5.41) is 12.4. The van der Waals surface area contributed by atoms with E-state index in [1.165, 1.54) is 17.0 Å². The van der Waals surface area contributed by atoms with Crippen molar-refractivity contribution >= 4 is 17.5 Å². The number of aromatic nitrogens is 4. The van der Waals surface area contributed by atoms with Gasteiger partial charge in [0.15, 0.2) is 11.6 Å². The Hall–Kier alpha value is -3.73. The van der Waals surface area contributed by atoms with Crippen molar-refractivity contribution in [1.82, 2.24) is 19.5 Å². The van der Waals surface area contributed by atoms with E-state index in [0.29, 0.717) is 29.4 Å². The molecule has 32 heavy (non-hydrogen) atoms. The number of aliphatic hydroxyl groups excluding tert-OH is 1. The van der Waals surface area contributed by atoms with Gasteiger partial charge < -0.3 is 15.2 Å². The first-order chi connectivity index (χ1) is 15.5. The molecule has 3 heterocycles. The van der Waals surface area contributed by atoms with Crippen LogP contribution in [-0.2, 0) is 6.61 Å².